The van der Waals surface area contributed by atoms with E-state index in [0.717, 1.165) is 26.1 Å². The van der Waals surface area contributed by atoms with Crippen LogP contribution in [0.15, 0.2) is 24.3 Å². The number of hydrogen-bond donors (Lipinski definition) is 0. The van der Waals surface area contributed by atoms with E-state index in [1.165, 1.54) is 30.5 Å². The van der Waals surface area contributed by atoms with Crippen molar-refractivity contribution in [1.82, 2.24) is 9.80 Å². The Balaban J connectivity index is 1.74. The highest BCUT2D eigenvalue weighted by molar-refractivity contribution is 5.77. The molecule has 2 aliphatic rings. The van der Waals surface area contributed by atoms with Gasteiger partial charge in [0.1, 0.15) is 0 Å². The molecule has 0 bridgehead atoms. The highest BCUT2D eigenvalue weighted by atomic mass is 16.2. The van der Waals surface area contributed by atoms with Crippen molar-refractivity contribution in [2.45, 2.75) is 45.2 Å². The fourth-order valence-electron chi connectivity index (χ4n) is 3.59. The fraction of sp³-hybridized carbons (Fsp3) is 0.588. The highest BCUT2D eigenvalue weighted by Gasteiger charge is 2.28. The zero-order valence-electron chi connectivity index (χ0n) is 12.3. The second-order valence-corrected chi connectivity index (χ2v) is 5.97. The molecule has 0 spiro atoms. The molecule has 1 atom stereocenters. The van der Waals surface area contributed by atoms with Gasteiger partial charge in [-0.15, -0.1) is 0 Å². The summed E-state index contributed by atoms with van der Waals surface area (Å²) in [6.45, 7) is 6.21. The average Bonchev–Trinajstić information content (AvgIpc) is 2.85. The lowest BCUT2D eigenvalue weighted by Crippen LogP contribution is -2.42. The third-order valence-electron chi connectivity index (χ3n) is 4.78. The Morgan fingerprint density at radius 2 is 2.00 bits per heavy atom. The van der Waals surface area contributed by atoms with Crippen LogP contribution in [0.2, 0.25) is 0 Å². The predicted molar refractivity (Wildman–Crippen MR) is 80.4 cm³/mol. The minimum atomic E-state index is 0.323. The van der Waals surface area contributed by atoms with Crippen molar-refractivity contribution in [2.75, 3.05) is 19.6 Å². The largest absolute Gasteiger partial charge is 0.337 e. The maximum atomic E-state index is 12.4. The van der Waals surface area contributed by atoms with Crippen LogP contribution in [0.1, 0.15) is 37.3 Å². The molecule has 3 heteroatoms. The Kier molecular flexibility index (Phi) is 4.06. The minimum absolute atomic E-state index is 0.323. The molecule has 0 radical (unpaired) electrons. The van der Waals surface area contributed by atoms with Crippen LogP contribution in [-0.4, -0.2) is 41.4 Å². The van der Waals surface area contributed by atoms with E-state index in [1.54, 1.807) is 0 Å². The number of rotatable bonds is 3. The van der Waals surface area contributed by atoms with Gasteiger partial charge >= 0.3 is 0 Å². The van der Waals surface area contributed by atoms with Gasteiger partial charge in [-0.3, -0.25) is 9.69 Å². The molecule has 1 fully saturated rings. The van der Waals surface area contributed by atoms with Crippen molar-refractivity contribution in [3.8, 4) is 0 Å². The van der Waals surface area contributed by atoms with Gasteiger partial charge in [0.25, 0.3) is 0 Å². The molecule has 2 aliphatic heterocycles. The smallest absolute Gasteiger partial charge is 0.223 e. The first-order valence-electron chi connectivity index (χ1n) is 7.86. The van der Waals surface area contributed by atoms with Gasteiger partial charge in [-0.1, -0.05) is 31.2 Å². The fourth-order valence-corrected chi connectivity index (χ4v) is 3.59. The number of likely N-dealkylation sites (N-methyl/N-ethyl adjacent to an activating group) is 1. The summed E-state index contributed by atoms with van der Waals surface area (Å²) in [5.41, 5.74) is 2.68. The molecule has 0 aromatic heterocycles. The molecular weight excluding hydrogens is 248 g/mol. The van der Waals surface area contributed by atoms with E-state index in [0.29, 0.717) is 18.4 Å². The number of benzene rings is 1. The summed E-state index contributed by atoms with van der Waals surface area (Å²) in [5.74, 6) is 0.323. The van der Waals surface area contributed by atoms with Crippen LogP contribution < -0.4 is 0 Å². The first kappa shape index (κ1) is 13.6. The second kappa shape index (κ2) is 5.96. The standard InChI is InChI=1S/C17H24N2O/c1-2-18-11-5-8-16(18)13-19-12-15-7-4-3-6-14(15)9-10-17(19)20/h3-4,6-7,16H,2,5,8-13H2,1H3. The summed E-state index contributed by atoms with van der Waals surface area (Å²) in [7, 11) is 0. The summed E-state index contributed by atoms with van der Waals surface area (Å²) in [4.78, 5) is 17.0. The summed E-state index contributed by atoms with van der Waals surface area (Å²) >= 11 is 0. The average molecular weight is 272 g/mol. The SMILES string of the molecule is CCN1CCCC1CN1Cc2ccccc2CCC1=O. The maximum absolute atomic E-state index is 12.4. The van der Waals surface area contributed by atoms with Crippen LogP contribution in [0.3, 0.4) is 0 Å². The summed E-state index contributed by atoms with van der Waals surface area (Å²) in [5, 5.41) is 0. The molecule has 1 saturated heterocycles. The molecule has 0 N–H and O–H groups in total. The molecule has 3 rings (SSSR count). The van der Waals surface area contributed by atoms with E-state index in [4.69, 9.17) is 0 Å². The van der Waals surface area contributed by atoms with Gasteiger partial charge in [0.2, 0.25) is 5.91 Å². The molecule has 1 amide bonds. The van der Waals surface area contributed by atoms with Gasteiger partial charge in [-0.2, -0.15) is 0 Å². The normalized spacial score (nSPS) is 23.8. The van der Waals surface area contributed by atoms with E-state index in [9.17, 15) is 4.79 Å². The lowest BCUT2D eigenvalue weighted by atomic mass is 10.0. The number of carbonyl (C=O) groups excluding carboxylic acids is 1. The first-order valence-corrected chi connectivity index (χ1v) is 7.86. The van der Waals surface area contributed by atoms with Crippen LogP contribution >= 0.6 is 0 Å². The third-order valence-corrected chi connectivity index (χ3v) is 4.78. The Morgan fingerprint density at radius 3 is 2.80 bits per heavy atom. The number of nitrogens with zero attached hydrogens (tertiary/aromatic N) is 2. The van der Waals surface area contributed by atoms with Gasteiger partial charge in [0.05, 0.1) is 0 Å². The van der Waals surface area contributed by atoms with Crippen LogP contribution in [0, 0.1) is 0 Å². The van der Waals surface area contributed by atoms with Crippen molar-refractivity contribution in [3.63, 3.8) is 0 Å². The second-order valence-electron chi connectivity index (χ2n) is 5.97. The Hall–Kier alpha value is -1.35. The Bertz CT molecular complexity index is 486. The van der Waals surface area contributed by atoms with Crippen molar-refractivity contribution < 1.29 is 4.79 Å². The van der Waals surface area contributed by atoms with Crippen molar-refractivity contribution >= 4 is 5.91 Å². The summed E-state index contributed by atoms with van der Waals surface area (Å²) in [6, 6.07) is 9.07. The number of hydrogen-bond acceptors (Lipinski definition) is 2. The molecule has 3 nitrogen and oxygen atoms in total. The molecule has 2 heterocycles. The molecular formula is C17H24N2O. The van der Waals surface area contributed by atoms with Gasteiger partial charge in [-0.25, -0.2) is 0 Å². The third kappa shape index (κ3) is 2.73. The van der Waals surface area contributed by atoms with Crippen LogP contribution in [0.5, 0.6) is 0 Å². The van der Waals surface area contributed by atoms with E-state index in [1.807, 2.05) is 0 Å². The quantitative estimate of drug-likeness (QED) is 0.844. The summed E-state index contributed by atoms with van der Waals surface area (Å²) in [6.07, 6.45) is 4.07. The molecule has 0 saturated carbocycles. The Morgan fingerprint density at radius 1 is 1.20 bits per heavy atom. The van der Waals surface area contributed by atoms with Crippen molar-refractivity contribution in [2.24, 2.45) is 0 Å². The van der Waals surface area contributed by atoms with Crippen molar-refractivity contribution in [1.29, 1.82) is 0 Å². The first-order chi connectivity index (χ1) is 9.78. The molecule has 108 valence electrons. The summed E-state index contributed by atoms with van der Waals surface area (Å²) < 4.78 is 0. The van der Waals surface area contributed by atoms with E-state index in [-0.39, 0.29) is 0 Å². The number of fused-ring (bicyclic) bond motifs is 1. The van der Waals surface area contributed by atoms with Crippen LogP contribution in [-0.2, 0) is 17.8 Å². The molecule has 20 heavy (non-hydrogen) atoms. The number of aryl methyl sites for hydroxylation is 1. The monoisotopic (exact) mass is 272 g/mol. The van der Waals surface area contributed by atoms with Gasteiger partial charge in [0, 0.05) is 25.6 Å². The Labute approximate surface area is 121 Å². The predicted octanol–water partition coefficient (Wildman–Crippen LogP) is 2.45. The minimum Gasteiger partial charge on any atom is -0.337 e. The maximum Gasteiger partial charge on any atom is 0.223 e. The zero-order chi connectivity index (χ0) is 13.9. The zero-order valence-corrected chi connectivity index (χ0v) is 12.3. The van der Waals surface area contributed by atoms with Gasteiger partial charge in [-0.05, 0) is 43.5 Å². The number of carbonyl (C=O) groups is 1. The van der Waals surface area contributed by atoms with Gasteiger partial charge < -0.3 is 4.90 Å². The lowest BCUT2D eigenvalue weighted by Gasteiger charge is -2.29. The molecule has 1 unspecified atom stereocenters. The van der Waals surface area contributed by atoms with E-state index >= 15 is 0 Å². The van der Waals surface area contributed by atoms with Crippen LogP contribution in [0.4, 0.5) is 0 Å². The molecule has 1 aromatic carbocycles. The van der Waals surface area contributed by atoms with E-state index in [2.05, 4.69) is 41.0 Å². The van der Waals surface area contributed by atoms with Crippen molar-refractivity contribution in [3.05, 3.63) is 35.4 Å². The lowest BCUT2D eigenvalue weighted by molar-refractivity contribution is -0.132. The molecule has 1 aromatic rings. The van der Waals surface area contributed by atoms with Crippen LogP contribution in [0.25, 0.3) is 0 Å². The highest BCUT2D eigenvalue weighted by Crippen LogP contribution is 2.23. The van der Waals surface area contributed by atoms with E-state index < -0.39 is 0 Å². The number of amides is 1. The molecule has 0 aliphatic carbocycles. The number of likely N-dealkylation sites (tertiary alicyclic amines) is 1. The van der Waals surface area contributed by atoms with Gasteiger partial charge in [0.15, 0.2) is 0 Å². The topological polar surface area (TPSA) is 23.6 Å².